The molecule has 0 spiro atoms. The van der Waals surface area contributed by atoms with Gasteiger partial charge in [0.15, 0.2) is 0 Å². The summed E-state index contributed by atoms with van der Waals surface area (Å²) in [5.41, 5.74) is 0. The number of fused-ring (bicyclic) bond motifs is 1. The zero-order valence-electron chi connectivity index (χ0n) is 6.36. The minimum absolute atomic E-state index is 1.03. The second-order valence-corrected chi connectivity index (χ2v) is 8.36. The van der Waals surface area contributed by atoms with Gasteiger partial charge in [0, 0.05) is 11.0 Å². The van der Waals surface area contributed by atoms with Gasteiger partial charge in [-0.3, -0.25) is 0 Å². The molecule has 0 radical (unpaired) electrons. The average Bonchev–Trinajstić information content (AvgIpc) is 2.81. The van der Waals surface area contributed by atoms with Gasteiger partial charge in [-0.1, -0.05) is 21.6 Å². The third-order valence-electron chi connectivity index (χ3n) is 2.86. The van der Waals surface area contributed by atoms with Crippen LogP contribution in [-0.2, 0) is 0 Å². The SMILES string of the molecule is C1CC1SSSCC1C2CC12. The molecule has 0 N–H and O–H groups in total. The molecule has 0 aromatic rings. The molecule has 62 valence electrons. The summed E-state index contributed by atoms with van der Waals surface area (Å²) >= 11 is 0. The standard InChI is InChI=1S/C8H12S3/c1-2-5(1)10-11-9-4-8-6-3-7(6)8/h5-8H,1-4H2. The van der Waals surface area contributed by atoms with Gasteiger partial charge in [-0.2, -0.15) is 0 Å². The third kappa shape index (κ3) is 1.70. The van der Waals surface area contributed by atoms with Crippen LogP contribution in [0.1, 0.15) is 19.3 Å². The van der Waals surface area contributed by atoms with Crippen LogP contribution in [-0.4, -0.2) is 11.0 Å². The zero-order valence-corrected chi connectivity index (χ0v) is 8.81. The van der Waals surface area contributed by atoms with Crippen molar-refractivity contribution < 1.29 is 0 Å². The Kier molecular flexibility index (Phi) is 1.88. The summed E-state index contributed by atoms with van der Waals surface area (Å²) in [6, 6.07) is 0. The van der Waals surface area contributed by atoms with Crippen LogP contribution in [0.5, 0.6) is 0 Å². The second-order valence-electron chi connectivity index (χ2n) is 3.88. The van der Waals surface area contributed by atoms with Gasteiger partial charge in [0.25, 0.3) is 0 Å². The monoisotopic (exact) mass is 204 g/mol. The Morgan fingerprint density at radius 1 is 1.18 bits per heavy atom. The van der Waals surface area contributed by atoms with Crippen molar-refractivity contribution in [2.24, 2.45) is 17.8 Å². The van der Waals surface area contributed by atoms with Crippen LogP contribution >= 0.6 is 31.4 Å². The smallest absolute Gasteiger partial charge is 0.0160 e. The highest BCUT2D eigenvalue weighted by Crippen LogP contribution is 2.69. The molecule has 0 aromatic heterocycles. The minimum Gasteiger partial charge on any atom is -0.0822 e. The van der Waals surface area contributed by atoms with E-state index in [1.165, 1.54) is 30.4 Å². The molecule has 3 heteroatoms. The van der Waals surface area contributed by atoms with Crippen molar-refractivity contribution in [3.05, 3.63) is 0 Å². The number of hydrogen-bond donors (Lipinski definition) is 0. The molecule has 11 heavy (non-hydrogen) atoms. The summed E-state index contributed by atoms with van der Waals surface area (Å²) in [4.78, 5) is 0. The van der Waals surface area contributed by atoms with Crippen molar-refractivity contribution in [3.63, 3.8) is 0 Å². The molecule has 3 fully saturated rings. The molecule has 2 atom stereocenters. The molecule has 3 rings (SSSR count). The summed E-state index contributed by atoms with van der Waals surface area (Å²) in [6.07, 6.45) is 4.53. The molecule has 0 saturated heterocycles. The van der Waals surface area contributed by atoms with Crippen molar-refractivity contribution in [3.8, 4) is 0 Å². The first-order chi connectivity index (χ1) is 5.45. The van der Waals surface area contributed by atoms with Gasteiger partial charge in [-0.15, -0.1) is 0 Å². The minimum atomic E-state index is 1.03. The predicted molar refractivity (Wildman–Crippen MR) is 55.7 cm³/mol. The van der Waals surface area contributed by atoms with E-state index in [1.807, 2.05) is 9.83 Å². The van der Waals surface area contributed by atoms with Gasteiger partial charge < -0.3 is 0 Å². The Bertz CT molecular complexity index is 159. The topological polar surface area (TPSA) is 0 Å². The highest BCUT2D eigenvalue weighted by atomic mass is 33.5. The highest BCUT2D eigenvalue weighted by Gasteiger charge is 2.63. The molecule has 0 aromatic carbocycles. The summed E-state index contributed by atoms with van der Waals surface area (Å²) < 4.78 is 0. The molecule has 0 nitrogen and oxygen atoms in total. The molecule has 0 amide bonds. The first-order valence-corrected chi connectivity index (χ1v) is 8.11. The van der Waals surface area contributed by atoms with Crippen molar-refractivity contribution in [2.75, 3.05) is 5.75 Å². The molecule has 3 aliphatic carbocycles. The van der Waals surface area contributed by atoms with E-state index in [0.717, 1.165) is 11.2 Å². The van der Waals surface area contributed by atoms with E-state index >= 15 is 0 Å². The third-order valence-corrected chi connectivity index (χ3v) is 7.62. The molecule has 3 aliphatic rings. The molecule has 0 bridgehead atoms. The van der Waals surface area contributed by atoms with E-state index < -0.39 is 0 Å². The Hall–Kier alpha value is 1.05. The molecular formula is C8H12S3. The average molecular weight is 204 g/mol. The lowest BCUT2D eigenvalue weighted by atomic mass is 10.2. The van der Waals surface area contributed by atoms with E-state index in [2.05, 4.69) is 21.6 Å². The van der Waals surface area contributed by atoms with Gasteiger partial charge in [0.1, 0.15) is 0 Å². The second kappa shape index (κ2) is 2.78. The van der Waals surface area contributed by atoms with Crippen LogP contribution < -0.4 is 0 Å². The number of hydrogen-bond acceptors (Lipinski definition) is 3. The predicted octanol–water partition coefficient (Wildman–Crippen LogP) is 3.44. The maximum atomic E-state index is 2.11. The summed E-state index contributed by atoms with van der Waals surface area (Å²) in [7, 11) is 6.26. The summed E-state index contributed by atoms with van der Waals surface area (Å²) in [6.45, 7) is 0. The molecule has 3 saturated carbocycles. The maximum absolute atomic E-state index is 2.11. The van der Waals surface area contributed by atoms with Crippen LogP contribution in [0.15, 0.2) is 0 Å². The lowest BCUT2D eigenvalue weighted by Crippen LogP contribution is -1.89. The van der Waals surface area contributed by atoms with E-state index in [4.69, 9.17) is 0 Å². The molecule has 0 heterocycles. The van der Waals surface area contributed by atoms with Crippen molar-refractivity contribution >= 4 is 31.4 Å². The van der Waals surface area contributed by atoms with Crippen molar-refractivity contribution in [2.45, 2.75) is 24.5 Å². The quantitative estimate of drug-likeness (QED) is 0.497. The lowest BCUT2D eigenvalue weighted by molar-refractivity contribution is 0.691. The fraction of sp³-hybridized carbons (Fsp3) is 1.00. The molecular weight excluding hydrogens is 192 g/mol. The molecule has 0 aliphatic heterocycles. The van der Waals surface area contributed by atoms with E-state index in [0.29, 0.717) is 0 Å². The zero-order chi connectivity index (χ0) is 7.26. The Morgan fingerprint density at radius 2 is 2.00 bits per heavy atom. The van der Waals surface area contributed by atoms with E-state index in [9.17, 15) is 0 Å². The first-order valence-electron chi connectivity index (χ1n) is 4.40. The van der Waals surface area contributed by atoms with Crippen molar-refractivity contribution in [1.29, 1.82) is 0 Å². The van der Waals surface area contributed by atoms with Gasteiger partial charge in [0.05, 0.1) is 0 Å². The Labute approximate surface area is 79.4 Å². The van der Waals surface area contributed by atoms with Crippen molar-refractivity contribution in [1.82, 2.24) is 0 Å². The van der Waals surface area contributed by atoms with Crippen LogP contribution in [0, 0.1) is 17.8 Å². The number of rotatable bonds is 5. The highest BCUT2D eigenvalue weighted by molar-refractivity contribution is 9.09. The van der Waals surface area contributed by atoms with Crippen LogP contribution in [0.2, 0.25) is 0 Å². The maximum Gasteiger partial charge on any atom is 0.0160 e. The van der Waals surface area contributed by atoms with Crippen LogP contribution in [0.4, 0.5) is 0 Å². The van der Waals surface area contributed by atoms with Crippen LogP contribution in [0.25, 0.3) is 0 Å². The largest absolute Gasteiger partial charge is 0.0822 e. The van der Waals surface area contributed by atoms with Gasteiger partial charge in [-0.25, -0.2) is 0 Å². The van der Waals surface area contributed by atoms with Gasteiger partial charge >= 0.3 is 0 Å². The lowest BCUT2D eigenvalue weighted by Gasteiger charge is -2.00. The molecule has 2 unspecified atom stereocenters. The summed E-state index contributed by atoms with van der Waals surface area (Å²) in [5.74, 6) is 5.01. The Balaban J connectivity index is 1.23. The van der Waals surface area contributed by atoms with Gasteiger partial charge in [-0.05, 0) is 46.8 Å². The fourth-order valence-electron chi connectivity index (χ4n) is 1.51. The normalized spacial score (nSPS) is 45.3. The fourth-order valence-corrected chi connectivity index (χ4v) is 6.43. The van der Waals surface area contributed by atoms with Crippen LogP contribution in [0.3, 0.4) is 0 Å². The van der Waals surface area contributed by atoms with E-state index in [1.54, 1.807) is 6.42 Å². The Morgan fingerprint density at radius 3 is 2.55 bits per heavy atom. The first kappa shape index (κ1) is 7.45. The summed E-state index contributed by atoms with van der Waals surface area (Å²) in [5, 5.41) is 1.03. The van der Waals surface area contributed by atoms with E-state index in [-0.39, 0.29) is 0 Å². The van der Waals surface area contributed by atoms with Gasteiger partial charge in [0.2, 0.25) is 0 Å².